The molecule has 1 atom stereocenters. The van der Waals surface area contributed by atoms with E-state index in [9.17, 15) is 9.59 Å². The molecule has 0 N–H and O–H groups in total. The fourth-order valence-electron chi connectivity index (χ4n) is 5.33. The number of aromatic nitrogens is 1. The molecule has 0 bridgehead atoms. The third-order valence-electron chi connectivity index (χ3n) is 7.01. The van der Waals surface area contributed by atoms with Gasteiger partial charge < -0.3 is 14.2 Å². The third kappa shape index (κ3) is 4.46. The standard InChI is InChI=1S/C31H26N2O5S/c1-18(34)38-22-9-6-7-19(15-22)16-27-30(35)33-29(21-12-14-25(36-2)26(17-21)37-3)24-13-11-20-8-4-5-10-23(20)28(24)32-31(33)39-27/h4-10,12,14-17,29H,11,13H2,1-3H3/b27-16-/t29-/m1/s1. The van der Waals surface area contributed by atoms with E-state index in [0.29, 0.717) is 26.6 Å². The van der Waals surface area contributed by atoms with Crippen molar-refractivity contribution < 1.29 is 19.0 Å². The molecule has 39 heavy (non-hydrogen) atoms. The van der Waals surface area contributed by atoms with Crippen LogP contribution in [0.5, 0.6) is 17.2 Å². The number of fused-ring (bicyclic) bond motifs is 3. The number of ether oxygens (including phenoxy) is 3. The number of rotatable bonds is 5. The summed E-state index contributed by atoms with van der Waals surface area (Å²) in [6.45, 7) is 1.36. The summed E-state index contributed by atoms with van der Waals surface area (Å²) in [6.07, 6.45) is 3.49. The second-order valence-corrected chi connectivity index (χ2v) is 10.4. The summed E-state index contributed by atoms with van der Waals surface area (Å²) in [4.78, 5) is 31.1. The van der Waals surface area contributed by atoms with E-state index in [1.807, 2.05) is 36.4 Å². The molecule has 2 aliphatic rings. The lowest BCUT2D eigenvalue weighted by Gasteiger charge is -2.31. The number of allylic oxidation sites excluding steroid dienone is 1. The van der Waals surface area contributed by atoms with Gasteiger partial charge in [-0.2, -0.15) is 0 Å². The summed E-state index contributed by atoms with van der Waals surface area (Å²) in [5, 5.41) is 0. The van der Waals surface area contributed by atoms with Crippen molar-refractivity contribution in [1.82, 2.24) is 4.57 Å². The topological polar surface area (TPSA) is 79.1 Å². The molecule has 0 amide bonds. The maximum absolute atomic E-state index is 14.0. The van der Waals surface area contributed by atoms with Crippen LogP contribution in [0.25, 0.3) is 11.8 Å². The minimum Gasteiger partial charge on any atom is -0.493 e. The maximum Gasteiger partial charge on any atom is 0.308 e. The molecule has 8 heteroatoms. The number of carbonyl (C=O) groups excluding carboxylic acids is 1. The van der Waals surface area contributed by atoms with Crippen molar-refractivity contribution in [2.24, 2.45) is 4.99 Å². The SMILES string of the molecule is COc1ccc([C@@H]2C3=C(N=c4s/c(=C\c5cccc(OC(C)=O)c5)c(=O)n42)c2ccccc2CC3)cc1OC. The Hall–Kier alpha value is -4.43. The van der Waals surface area contributed by atoms with Crippen LogP contribution in [-0.2, 0) is 11.2 Å². The molecule has 6 rings (SSSR count). The lowest BCUT2D eigenvalue weighted by atomic mass is 9.83. The molecule has 0 spiro atoms. The largest absolute Gasteiger partial charge is 0.493 e. The Morgan fingerprint density at radius 3 is 2.62 bits per heavy atom. The Labute approximate surface area is 228 Å². The number of thiazole rings is 1. The number of methoxy groups -OCH3 is 2. The van der Waals surface area contributed by atoms with Crippen molar-refractivity contribution >= 4 is 29.1 Å². The minimum atomic E-state index is -0.396. The fraction of sp³-hybridized carbons (Fsp3) is 0.194. The van der Waals surface area contributed by atoms with Crippen LogP contribution in [0, 0.1) is 0 Å². The monoisotopic (exact) mass is 538 g/mol. The Morgan fingerprint density at radius 2 is 1.82 bits per heavy atom. The molecule has 0 saturated heterocycles. The highest BCUT2D eigenvalue weighted by Crippen LogP contribution is 2.42. The number of hydrogen-bond donors (Lipinski definition) is 0. The summed E-state index contributed by atoms with van der Waals surface area (Å²) < 4.78 is 18.7. The number of nitrogens with zero attached hydrogens (tertiary/aromatic N) is 2. The van der Waals surface area contributed by atoms with E-state index in [2.05, 4.69) is 18.2 Å². The van der Waals surface area contributed by atoms with E-state index in [1.54, 1.807) is 37.0 Å². The molecule has 0 unspecified atom stereocenters. The van der Waals surface area contributed by atoms with Crippen LogP contribution < -0.4 is 29.1 Å². The average Bonchev–Trinajstić information content (AvgIpc) is 3.25. The summed E-state index contributed by atoms with van der Waals surface area (Å²) in [6, 6.07) is 20.9. The first-order chi connectivity index (χ1) is 19.0. The Morgan fingerprint density at radius 1 is 1.00 bits per heavy atom. The molecule has 4 aromatic rings. The molecular weight excluding hydrogens is 512 g/mol. The molecule has 2 heterocycles. The van der Waals surface area contributed by atoms with Crippen molar-refractivity contribution in [3.8, 4) is 17.2 Å². The van der Waals surface area contributed by atoms with Crippen LogP contribution in [0.4, 0.5) is 0 Å². The van der Waals surface area contributed by atoms with Gasteiger partial charge in [0.05, 0.1) is 30.5 Å². The summed E-state index contributed by atoms with van der Waals surface area (Å²) in [5.41, 5.74) is 5.97. The van der Waals surface area contributed by atoms with Gasteiger partial charge in [0.2, 0.25) is 0 Å². The molecule has 3 aromatic carbocycles. The van der Waals surface area contributed by atoms with Gasteiger partial charge in [-0.15, -0.1) is 0 Å². The quantitative estimate of drug-likeness (QED) is 0.280. The normalized spacial score (nSPS) is 16.1. The highest BCUT2D eigenvalue weighted by atomic mass is 32.1. The van der Waals surface area contributed by atoms with Gasteiger partial charge >= 0.3 is 5.97 Å². The predicted molar refractivity (Wildman–Crippen MR) is 150 cm³/mol. The van der Waals surface area contributed by atoms with E-state index < -0.39 is 5.97 Å². The molecule has 1 aliphatic carbocycles. The molecule has 1 aromatic heterocycles. The highest BCUT2D eigenvalue weighted by molar-refractivity contribution is 7.07. The zero-order chi connectivity index (χ0) is 27.1. The van der Waals surface area contributed by atoms with Gasteiger partial charge in [-0.25, -0.2) is 4.99 Å². The summed E-state index contributed by atoms with van der Waals surface area (Å²) in [7, 11) is 3.22. The van der Waals surface area contributed by atoms with Crippen LogP contribution in [0.2, 0.25) is 0 Å². The van der Waals surface area contributed by atoms with Crippen molar-refractivity contribution in [2.45, 2.75) is 25.8 Å². The van der Waals surface area contributed by atoms with Crippen LogP contribution >= 0.6 is 11.3 Å². The van der Waals surface area contributed by atoms with Crippen molar-refractivity contribution in [3.63, 3.8) is 0 Å². The average molecular weight is 539 g/mol. The molecule has 1 aliphatic heterocycles. The zero-order valence-electron chi connectivity index (χ0n) is 21.8. The van der Waals surface area contributed by atoms with Crippen molar-refractivity contribution in [3.05, 3.63) is 114 Å². The third-order valence-corrected chi connectivity index (χ3v) is 8.00. The highest BCUT2D eigenvalue weighted by Gasteiger charge is 2.33. The second kappa shape index (κ2) is 10.0. The van der Waals surface area contributed by atoms with Gasteiger partial charge in [-0.05, 0) is 65.4 Å². The van der Waals surface area contributed by atoms with Gasteiger partial charge in [-0.3, -0.25) is 14.2 Å². The number of carbonyl (C=O) groups is 1. The molecule has 0 saturated carbocycles. The Bertz CT molecular complexity index is 1830. The van der Waals surface area contributed by atoms with Gasteiger partial charge in [0.1, 0.15) is 5.75 Å². The maximum atomic E-state index is 14.0. The molecule has 0 radical (unpaired) electrons. The van der Waals surface area contributed by atoms with Crippen LogP contribution in [0.3, 0.4) is 0 Å². The summed E-state index contributed by atoms with van der Waals surface area (Å²) in [5.74, 6) is 1.27. The zero-order valence-corrected chi connectivity index (χ0v) is 22.6. The molecule has 0 fully saturated rings. The van der Waals surface area contributed by atoms with E-state index in [4.69, 9.17) is 19.2 Å². The predicted octanol–water partition coefficient (Wildman–Crippen LogP) is 4.26. The first-order valence-electron chi connectivity index (χ1n) is 12.6. The lowest BCUT2D eigenvalue weighted by Crippen LogP contribution is -2.38. The minimum absolute atomic E-state index is 0.123. The number of esters is 1. The lowest BCUT2D eigenvalue weighted by molar-refractivity contribution is -0.131. The summed E-state index contributed by atoms with van der Waals surface area (Å²) >= 11 is 1.35. The molecular formula is C31H26N2O5S. The van der Waals surface area contributed by atoms with Crippen LogP contribution in [-0.4, -0.2) is 24.8 Å². The molecule has 196 valence electrons. The smallest absolute Gasteiger partial charge is 0.308 e. The number of benzene rings is 3. The van der Waals surface area contributed by atoms with Crippen LogP contribution in [0.1, 0.15) is 41.6 Å². The number of hydrogen-bond acceptors (Lipinski definition) is 7. The van der Waals surface area contributed by atoms with Crippen LogP contribution in [0.15, 0.2) is 82.1 Å². The van der Waals surface area contributed by atoms with Gasteiger partial charge in [0, 0.05) is 12.5 Å². The van der Waals surface area contributed by atoms with Gasteiger partial charge in [0.25, 0.3) is 5.56 Å². The van der Waals surface area contributed by atoms with Crippen molar-refractivity contribution in [1.29, 1.82) is 0 Å². The Balaban J connectivity index is 1.57. The van der Waals surface area contributed by atoms with E-state index in [0.717, 1.165) is 40.8 Å². The van der Waals surface area contributed by atoms with Crippen molar-refractivity contribution in [2.75, 3.05) is 14.2 Å². The van der Waals surface area contributed by atoms with Gasteiger partial charge in [0.15, 0.2) is 16.3 Å². The molecule has 7 nitrogen and oxygen atoms in total. The first kappa shape index (κ1) is 24.9. The van der Waals surface area contributed by atoms with E-state index in [-0.39, 0.29) is 11.6 Å². The second-order valence-electron chi connectivity index (χ2n) is 9.39. The van der Waals surface area contributed by atoms with Gasteiger partial charge in [-0.1, -0.05) is 53.8 Å². The van der Waals surface area contributed by atoms with E-state index >= 15 is 0 Å². The first-order valence-corrected chi connectivity index (χ1v) is 13.4. The Kier molecular flexibility index (Phi) is 6.40. The van der Waals surface area contributed by atoms with E-state index in [1.165, 1.54) is 23.8 Å². The number of aryl methyl sites for hydroxylation is 1. The fourth-order valence-corrected chi connectivity index (χ4v) is 6.33.